The van der Waals surface area contributed by atoms with Crippen molar-refractivity contribution in [2.45, 2.75) is 44.4 Å². The minimum Gasteiger partial charge on any atom is -0.375 e. The first-order valence-electron chi connectivity index (χ1n) is 7.10. The van der Waals surface area contributed by atoms with E-state index < -0.39 is 0 Å². The van der Waals surface area contributed by atoms with Gasteiger partial charge in [-0.2, -0.15) is 0 Å². The quantitative estimate of drug-likeness (QED) is 0.746. The number of nitrogens with two attached hydrogens (primary N) is 1. The lowest BCUT2D eigenvalue weighted by Crippen LogP contribution is -2.65. The van der Waals surface area contributed by atoms with Crippen LogP contribution in [0.4, 0.5) is 0 Å². The van der Waals surface area contributed by atoms with Crippen LogP contribution >= 0.6 is 0 Å². The number of nitrogens with one attached hydrogen (secondary N) is 1. The highest BCUT2D eigenvalue weighted by molar-refractivity contribution is 4.95. The number of piperazine rings is 1. The SMILES string of the molecule is CC1CC(CN)(NN2CCN(C)CC2)CC(C)O1. The molecule has 0 aliphatic carbocycles. The van der Waals surface area contributed by atoms with Gasteiger partial charge in [0.05, 0.1) is 12.2 Å². The molecule has 2 fully saturated rings. The van der Waals surface area contributed by atoms with Crippen LogP contribution in [0.2, 0.25) is 0 Å². The molecule has 3 N–H and O–H groups in total. The molecule has 106 valence electrons. The average molecular weight is 256 g/mol. The molecule has 0 radical (unpaired) electrons. The second-order valence-electron chi connectivity index (χ2n) is 6.05. The van der Waals surface area contributed by atoms with Gasteiger partial charge in [-0.15, -0.1) is 0 Å². The van der Waals surface area contributed by atoms with E-state index >= 15 is 0 Å². The number of hydrazine groups is 1. The maximum absolute atomic E-state index is 6.05. The van der Waals surface area contributed by atoms with Crippen LogP contribution in [0.5, 0.6) is 0 Å². The number of nitrogens with zero attached hydrogens (tertiary/aromatic N) is 2. The summed E-state index contributed by atoms with van der Waals surface area (Å²) < 4.78 is 5.83. The zero-order valence-corrected chi connectivity index (χ0v) is 12.0. The van der Waals surface area contributed by atoms with Crippen LogP contribution < -0.4 is 11.2 Å². The summed E-state index contributed by atoms with van der Waals surface area (Å²) in [7, 11) is 2.18. The fourth-order valence-electron chi connectivity index (χ4n) is 3.23. The fourth-order valence-corrected chi connectivity index (χ4v) is 3.23. The molecule has 2 atom stereocenters. The first-order valence-corrected chi connectivity index (χ1v) is 7.10. The average Bonchev–Trinajstić information content (AvgIpc) is 2.31. The highest BCUT2D eigenvalue weighted by atomic mass is 16.5. The summed E-state index contributed by atoms with van der Waals surface area (Å²) >= 11 is 0. The topological polar surface area (TPSA) is 53.8 Å². The van der Waals surface area contributed by atoms with E-state index in [0.717, 1.165) is 39.0 Å². The van der Waals surface area contributed by atoms with Crippen molar-refractivity contribution in [3.8, 4) is 0 Å². The summed E-state index contributed by atoms with van der Waals surface area (Å²) in [6.45, 7) is 9.35. The normalized spacial score (nSPS) is 40.0. The molecule has 2 saturated heterocycles. The van der Waals surface area contributed by atoms with Crippen LogP contribution in [0.3, 0.4) is 0 Å². The zero-order valence-electron chi connectivity index (χ0n) is 12.0. The molecule has 0 aromatic heterocycles. The summed E-state index contributed by atoms with van der Waals surface area (Å²) in [4.78, 5) is 2.36. The van der Waals surface area contributed by atoms with E-state index in [0.29, 0.717) is 6.54 Å². The molecular weight excluding hydrogens is 228 g/mol. The third kappa shape index (κ3) is 3.42. The molecule has 0 aromatic rings. The maximum Gasteiger partial charge on any atom is 0.0569 e. The van der Waals surface area contributed by atoms with Gasteiger partial charge in [-0.3, -0.25) is 0 Å². The Morgan fingerprint density at radius 2 is 1.72 bits per heavy atom. The van der Waals surface area contributed by atoms with Crippen molar-refractivity contribution in [1.29, 1.82) is 0 Å². The molecule has 0 saturated carbocycles. The van der Waals surface area contributed by atoms with Crippen molar-refractivity contribution < 1.29 is 4.74 Å². The van der Waals surface area contributed by atoms with Gasteiger partial charge in [-0.05, 0) is 33.7 Å². The second-order valence-corrected chi connectivity index (χ2v) is 6.05. The van der Waals surface area contributed by atoms with Gasteiger partial charge in [0.25, 0.3) is 0 Å². The van der Waals surface area contributed by atoms with E-state index in [2.05, 4.69) is 36.2 Å². The van der Waals surface area contributed by atoms with Crippen LogP contribution in [-0.2, 0) is 4.74 Å². The van der Waals surface area contributed by atoms with Crippen LogP contribution in [0.25, 0.3) is 0 Å². The molecule has 2 heterocycles. The van der Waals surface area contributed by atoms with Gasteiger partial charge in [0, 0.05) is 38.3 Å². The lowest BCUT2D eigenvalue weighted by molar-refractivity contribution is -0.0883. The molecule has 2 unspecified atom stereocenters. The summed E-state index contributed by atoms with van der Waals surface area (Å²) in [5.74, 6) is 0. The molecule has 0 bridgehead atoms. The van der Waals surface area contributed by atoms with Gasteiger partial charge in [-0.25, -0.2) is 10.4 Å². The van der Waals surface area contributed by atoms with E-state index in [1.807, 2.05) is 0 Å². The van der Waals surface area contributed by atoms with Gasteiger partial charge in [0.2, 0.25) is 0 Å². The van der Waals surface area contributed by atoms with Crippen molar-refractivity contribution in [3.63, 3.8) is 0 Å². The Balaban J connectivity index is 1.95. The first kappa shape index (κ1) is 14.2. The summed E-state index contributed by atoms with van der Waals surface area (Å²) in [6, 6.07) is 0. The molecule has 2 rings (SSSR count). The highest BCUT2D eigenvalue weighted by Crippen LogP contribution is 2.28. The van der Waals surface area contributed by atoms with E-state index in [1.165, 1.54) is 0 Å². The van der Waals surface area contributed by atoms with E-state index in [-0.39, 0.29) is 17.7 Å². The largest absolute Gasteiger partial charge is 0.375 e. The number of ether oxygens (including phenoxy) is 1. The second kappa shape index (κ2) is 5.84. The summed E-state index contributed by atoms with van der Waals surface area (Å²) in [5, 5.41) is 2.34. The lowest BCUT2D eigenvalue weighted by Gasteiger charge is -2.47. The molecule has 5 heteroatoms. The van der Waals surface area contributed by atoms with Gasteiger partial charge in [-0.1, -0.05) is 0 Å². The van der Waals surface area contributed by atoms with Gasteiger partial charge < -0.3 is 15.4 Å². The Morgan fingerprint density at radius 1 is 1.17 bits per heavy atom. The third-order valence-electron chi connectivity index (χ3n) is 4.11. The molecule has 0 amide bonds. The van der Waals surface area contributed by atoms with Gasteiger partial charge in [0.15, 0.2) is 0 Å². The van der Waals surface area contributed by atoms with Gasteiger partial charge >= 0.3 is 0 Å². The van der Waals surface area contributed by atoms with Crippen LogP contribution in [0, 0.1) is 0 Å². The van der Waals surface area contributed by atoms with Crippen molar-refractivity contribution in [1.82, 2.24) is 15.3 Å². The van der Waals surface area contributed by atoms with Crippen molar-refractivity contribution in [3.05, 3.63) is 0 Å². The fraction of sp³-hybridized carbons (Fsp3) is 1.00. The van der Waals surface area contributed by atoms with Crippen molar-refractivity contribution in [2.24, 2.45) is 5.73 Å². The standard InChI is InChI=1S/C13H28N4O/c1-11-8-13(10-14,9-12(2)18-11)15-17-6-4-16(3)5-7-17/h11-12,15H,4-10,14H2,1-3H3. The zero-order chi connectivity index (χ0) is 13.2. The van der Waals surface area contributed by atoms with Crippen molar-refractivity contribution in [2.75, 3.05) is 39.8 Å². The van der Waals surface area contributed by atoms with E-state index in [9.17, 15) is 0 Å². The van der Waals surface area contributed by atoms with Crippen LogP contribution in [-0.4, -0.2) is 67.4 Å². The molecule has 0 spiro atoms. The Morgan fingerprint density at radius 3 is 2.22 bits per heavy atom. The predicted octanol–water partition coefficient (Wildman–Crippen LogP) is 0.0233. The van der Waals surface area contributed by atoms with Gasteiger partial charge in [0.1, 0.15) is 0 Å². The molecule has 5 nitrogen and oxygen atoms in total. The number of hydrogen-bond donors (Lipinski definition) is 2. The number of hydrogen-bond acceptors (Lipinski definition) is 5. The number of rotatable bonds is 3. The Hall–Kier alpha value is -0.200. The minimum absolute atomic E-state index is 0.0208. The van der Waals surface area contributed by atoms with E-state index in [4.69, 9.17) is 10.5 Å². The third-order valence-corrected chi connectivity index (χ3v) is 4.11. The molecule has 2 aliphatic rings. The Kier molecular flexibility index (Phi) is 4.61. The predicted molar refractivity (Wildman–Crippen MR) is 73.2 cm³/mol. The molecule has 2 aliphatic heterocycles. The van der Waals surface area contributed by atoms with Crippen LogP contribution in [0.1, 0.15) is 26.7 Å². The highest BCUT2D eigenvalue weighted by Gasteiger charge is 2.39. The Bertz CT molecular complexity index is 256. The van der Waals surface area contributed by atoms with Crippen LogP contribution in [0.15, 0.2) is 0 Å². The van der Waals surface area contributed by atoms with E-state index in [1.54, 1.807) is 0 Å². The summed E-state index contributed by atoms with van der Waals surface area (Å²) in [6.07, 6.45) is 2.58. The van der Waals surface area contributed by atoms with Crippen molar-refractivity contribution >= 4 is 0 Å². The molecule has 0 aromatic carbocycles. The smallest absolute Gasteiger partial charge is 0.0569 e. The minimum atomic E-state index is 0.0208. The molecule has 18 heavy (non-hydrogen) atoms. The Labute approximate surface area is 111 Å². The lowest BCUT2D eigenvalue weighted by atomic mass is 9.85. The molecular formula is C13H28N4O. The monoisotopic (exact) mass is 256 g/mol. The summed E-state index contributed by atoms with van der Waals surface area (Å²) in [5.41, 5.74) is 9.78. The number of likely N-dealkylation sites (N-methyl/N-ethyl adjacent to an activating group) is 1. The first-order chi connectivity index (χ1) is 8.53. The maximum atomic E-state index is 6.05.